The van der Waals surface area contributed by atoms with Gasteiger partial charge in [-0.25, -0.2) is 4.98 Å². The van der Waals surface area contributed by atoms with Gasteiger partial charge in [0.15, 0.2) is 0 Å². The molecule has 2 fully saturated rings. The molecular weight excluding hydrogens is 729 g/mol. The lowest BCUT2D eigenvalue weighted by molar-refractivity contribution is -0.141. The van der Waals surface area contributed by atoms with Crippen molar-refractivity contribution in [3.8, 4) is 0 Å². The Labute approximate surface area is 321 Å². The van der Waals surface area contributed by atoms with Gasteiger partial charge >= 0.3 is 6.18 Å². The molecule has 0 radical (unpaired) electrons. The summed E-state index contributed by atoms with van der Waals surface area (Å²) in [4.78, 5) is 57.9. The Hall–Kier alpha value is -5.35. The fourth-order valence-corrected chi connectivity index (χ4v) is 8.06. The predicted octanol–water partition coefficient (Wildman–Crippen LogP) is 5.47. The maximum Gasteiger partial charge on any atom is 0.433 e. The number of benzene rings is 2. The molecule has 2 aromatic heterocycles. The van der Waals surface area contributed by atoms with E-state index in [-0.39, 0.29) is 30.0 Å². The van der Waals surface area contributed by atoms with Crippen LogP contribution in [-0.2, 0) is 27.9 Å². The lowest BCUT2D eigenvalue weighted by Gasteiger charge is -2.31. The highest BCUT2D eigenvalue weighted by Crippen LogP contribution is 2.37. The van der Waals surface area contributed by atoms with Crippen LogP contribution in [0.15, 0.2) is 54.7 Å². The zero-order valence-corrected chi connectivity index (χ0v) is 31.4. The van der Waals surface area contributed by atoms with E-state index in [1.54, 1.807) is 30.9 Å². The van der Waals surface area contributed by atoms with Crippen molar-refractivity contribution in [2.24, 2.45) is 5.92 Å². The molecule has 1 saturated carbocycles. The summed E-state index contributed by atoms with van der Waals surface area (Å²) in [5.41, 5.74) is 0.467. The average molecular weight is 775 g/mol. The van der Waals surface area contributed by atoms with Gasteiger partial charge in [0, 0.05) is 61.1 Å². The smallest absolute Gasteiger partial charge is 0.386 e. The van der Waals surface area contributed by atoms with Gasteiger partial charge in [-0.2, -0.15) is 18.3 Å². The molecule has 16 heteroatoms. The summed E-state index contributed by atoms with van der Waals surface area (Å²) in [5, 5.41) is 24.9. The van der Waals surface area contributed by atoms with Crippen molar-refractivity contribution < 1.29 is 37.5 Å². The Bertz CT molecular complexity index is 2170. The second kappa shape index (κ2) is 15.3. The highest BCUT2D eigenvalue weighted by molar-refractivity contribution is 6.08. The van der Waals surface area contributed by atoms with Crippen LogP contribution in [0.4, 0.5) is 24.5 Å². The van der Waals surface area contributed by atoms with Crippen molar-refractivity contribution in [3.63, 3.8) is 0 Å². The van der Waals surface area contributed by atoms with Gasteiger partial charge in [0.25, 0.3) is 11.8 Å². The fraction of sp³-hybridized carbons (Fsp3) is 0.450. The topological polar surface area (TPSA) is 162 Å². The molecule has 296 valence electrons. The van der Waals surface area contributed by atoms with Gasteiger partial charge in [-0.05, 0) is 94.8 Å². The van der Waals surface area contributed by atoms with Crippen LogP contribution in [0.3, 0.4) is 0 Å². The quantitative estimate of drug-likeness (QED) is 0.145. The molecule has 0 spiro atoms. The van der Waals surface area contributed by atoms with Crippen LogP contribution in [0, 0.1) is 5.92 Å². The minimum atomic E-state index is -4.70. The number of likely N-dealkylation sites (N-methyl/N-ethyl adjacent to an activating group) is 1. The molecule has 2 aromatic carbocycles. The zero-order chi connectivity index (χ0) is 39.9. The van der Waals surface area contributed by atoms with Crippen molar-refractivity contribution >= 4 is 45.9 Å². The molecule has 2 aliphatic heterocycles. The first-order valence-corrected chi connectivity index (χ1v) is 18.9. The van der Waals surface area contributed by atoms with Crippen molar-refractivity contribution in [1.29, 1.82) is 0 Å². The maximum absolute atomic E-state index is 13.4. The number of piperidine rings is 1. The number of carbonyl (C=O) groups is 4. The van der Waals surface area contributed by atoms with E-state index in [1.807, 2.05) is 29.1 Å². The molecule has 1 aliphatic carbocycles. The van der Waals surface area contributed by atoms with Crippen LogP contribution in [0.2, 0.25) is 0 Å². The second-order valence-electron chi connectivity index (χ2n) is 15.6. The number of carbonyl (C=O) groups excluding carboxylic acids is 4. The summed E-state index contributed by atoms with van der Waals surface area (Å²) in [6.07, 6.45) is 1.55. The number of nitrogens with zero attached hydrogens (tertiary/aromatic N) is 5. The van der Waals surface area contributed by atoms with Crippen LogP contribution in [0.1, 0.15) is 96.1 Å². The van der Waals surface area contributed by atoms with E-state index in [2.05, 4.69) is 32.9 Å². The Kier molecular flexibility index (Phi) is 10.6. The van der Waals surface area contributed by atoms with E-state index >= 15 is 0 Å². The molecule has 1 atom stereocenters. The molecule has 4 aromatic rings. The minimum absolute atomic E-state index is 0.154. The normalized spacial score (nSPS) is 20.4. The van der Waals surface area contributed by atoms with E-state index in [1.165, 1.54) is 6.07 Å². The van der Waals surface area contributed by atoms with Gasteiger partial charge in [0.2, 0.25) is 11.8 Å². The standard InChI is InChI=1S/C40H45F3N8O5/c1-39(2,56)27-19-30-25(18-31(27)46-36(53)29-8-5-9-33(45-29)40(41,42)43)22-51(48-30)26-12-10-23(11-13-26)20-49(3)17-16-44-28-7-4-6-24-21-50(38(55)35(24)28)32-14-15-34(52)47-37(32)54/h4-9,18-19,22-23,26,32,44,56H,10-17,20-21H2,1-3H3,(H,46,53)(H,47,52,54). The number of halogens is 3. The highest BCUT2D eigenvalue weighted by Gasteiger charge is 2.40. The molecule has 4 N–H and O–H groups in total. The van der Waals surface area contributed by atoms with Crippen LogP contribution in [0.5, 0.6) is 0 Å². The van der Waals surface area contributed by atoms with E-state index in [0.717, 1.165) is 62.2 Å². The van der Waals surface area contributed by atoms with Crippen molar-refractivity contribution in [2.45, 2.75) is 82.8 Å². The van der Waals surface area contributed by atoms with E-state index in [0.29, 0.717) is 47.5 Å². The number of alkyl halides is 3. The summed E-state index contributed by atoms with van der Waals surface area (Å²) in [7, 11) is 2.08. The Morgan fingerprint density at radius 2 is 1.77 bits per heavy atom. The van der Waals surface area contributed by atoms with Gasteiger partial charge in [-0.3, -0.25) is 29.2 Å². The van der Waals surface area contributed by atoms with Gasteiger partial charge < -0.3 is 25.5 Å². The number of nitrogens with one attached hydrogen (secondary N) is 3. The lowest BCUT2D eigenvalue weighted by atomic mass is 9.86. The Morgan fingerprint density at radius 1 is 1.02 bits per heavy atom. The number of hydrogen-bond acceptors (Lipinski definition) is 9. The van der Waals surface area contributed by atoms with Crippen LogP contribution >= 0.6 is 0 Å². The molecule has 0 bridgehead atoms. The Balaban J connectivity index is 0.930. The summed E-state index contributed by atoms with van der Waals surface area (Å²) < 4.78 is 41.6. The van der Waals surface area contributed by atoms with Crippen LogP contribution in [-0.4, -0.2) is 86.0 Å². The number of hydrogen-bond donors (Lipinski definition) is 4. The third-order valence-corrected chi connectivity index (χ3v) is 11.0. The molecular formula is C40H45F3N8O5. The summed E-state index contributed by atoms with van der Waals surface area (Å²) in [6, 6.07) is 11.7. The molecule has 4 heterocycles. The van der Waals surface area contributed by atoms with Gasteiger partial charge in [0.05, 0.1) is 22.7 Å². The maximum atomic E-state index is 13.4. The molecule has 4 amide bonds. The fourth-order valence-electron chi connectivity index (χ4n) is 8.06. The molecule has 1 saturated heterocycles. The number of amides is 4. The van der Waals surface area contributed by atoms with Gasteiger partial charge in [-0.1, -0.05) is 18.2 Å². The minimum Gasteiger partial charge on any atom is -0.386 e. The van der Waals surface area contributed by atoms with E-state index < -0.39 is 41.0 Å². The largest absolute Gasteiger partial charge is 0.433 e. The van der Waals surface area contributed by atoms with Crippen molar-refractivity contribution in [1.82, 2.24) is 29.9 Å². The first kappa shape index (κ1) is 38.9. The summed E-state index contributed by atoms with van der Waals surface area (Å²) >= 11 is 0. The third-order valence-electron chi connectivity index (χ3n) is 11.0. The number of imide groups is 1. The van der Waals surface area contributed by atoms with E-state index in [4.69, 9.17) is 5.10 Å². The van der Waals surface area contributed by atoms with Gasteiger partial charge in [0.1, 0.15) is 17.4 Å². The van der Waals surface area contributed by atoms with Crippen molar-refractivity contribution in [3.05, 3.63) is 82.8 Å². The molecule has 1 unspecified atom stereocenters. The first-order chi connectivity index (χ1) is 26.5. The van der Waals surface area contributed by atoms with Gasteiger partial charge in [-0.15, -0.1) is 0 Å². The monoisotopic (exact) mass is 774 g/mol. The lowest BCUT2D eigenvalue weighted by Crippen LogP contribution is -2.52. The zero-order valence-electron chi connectivity index (χ0n) is 31.4. The van der Waals surface area contributed by atoms with Crippen molar-refractivity contribution in [2.75, 3.05) is 37.3 Å². The average Bonchev–Trinajstić information content (AvgIpc) is 3.71. The molecule has 3 aliphatic rings. The highest BCUT2D eigenvalue weighted by atomic mass is 19.4. The predicted molar refractivity (Wildman–Crippen MR) is 202 cm³/mol. The van der Waals surface area contributed by atoms with Crippen LogP contribution in [0.25, 0.3) is 10.9 Å². The number of aliphatic hydroxyl groups is 1. The molecule has 13 nitrogen and oxygen atoms in total. The van der Waals surface area contributed by atoms with E-state index in [9.17, 15) is 37.5 Å². The number of rotatable bonds is 11. The molecule has 7 rings (SSSR count). The van der Waals surface area contributed by atoms with Crippen LogP contribution < -0.4 is 16.0 Å². The SMILES string of the molecule is CN(CCNc1cccc2c1C(=O)N(C1CCC(=O)NC1=O)C2)CC1CCC(n2cc3cc(NC(=O)c4cccc(C(F)(F)F)n4)c(C(C)(C)O)cc3n2)CC1. The first-order valence-electron chi connectivity index (χ1n) is 18.9. The summed E-state index contributed by atoms with van der Waals surface area (Å²) in [6.45, 7) is 5.74. The number of anilines is 2. The summed E-state index contributed by atoms with van der Waals surface area (Å²) in [5.74, 6) is -1.29. The number of fused-ring (bicyclic) bond motifs is 2. The second-order valence-corrected chi connectivity index (χ2v) is 15.6. The third kappa shape index (κ3) is 8.26. The Morgan fingerprint density at radius 3 is 2.48 bits per heavy atom. The number of pyridine rings is 1. The number of aromatic nitrogens is 3. The molecule has 56 heavy (non-hydrogen) atoms.